The molecule has 0 aliphatic carbocycles. The number of anilines is 2. The van der Waals surface area contributed by atoms with Crippen LogP contribution in [0.3, 0.4) is 0 Å². The number of pyridine rings is 1. The summed E-state index contributed by atoms with van der Waals surface area (Å²) in [4.78, 5) is 18.1. The van der Waals surface area contributed by atoms with Gasteiger partial charge in [-0.05, 0) is 12.1 Å². The minimum atomic E-state index is -0.0511. The Morgan fingerprint density at radius 1 is 1.63 bits per heavy atom. The highest BCUT2D eigenvalue weighted by Crippen LogP contribution is 2.20. The SMILES string of the molecule is CN(C)c1ncccc1NC(=O)CC1CNCCO1. The topological polar surface area (TPSA) is 66.5 Å². The monoisotopic (exact) mass is 264 g/mol. The van der Waals surface area contributed by atoms with Gasteiger partial charge in [0.2, 0.25) is 5.91 Å². The van der Waals surface area contributed by atoms with E-state index in [0.29, 0.717) is 13.0 Å². The molecule has 1 fully saturated rings. The van der Waals surface area contributed by atoms with Crippen LogP contribution in [0.4, 0.5) is 11.5 Å². The molecule has 104 valence electrons. The predicted molar refractivity (Wildman–Crippen MR) is 74.4 cm³/mol. The van der Waals surface area contributed by atoms with Crippen molar-refractivity contribution < 1.29 is 9.53 Å². The first-order chi connectivity index (χ1) is 9.16. The lowest BCUT2D eigenvalue weighted by molar-refractivity contribution is -0.119. The highest BCUT2D eigenvalue weighted by atomic mass is 16.5. The fraction of sp³-hybridized carbons (Fsp3) is 0.538. The van der Waals surface area contributed by atoms with E-state index in [2.05, 4.69) is 15.6 Å². The van der Waals surface area contributed by atoms with Gasteiger partial charge in [0.1, 0.15) is 0 Å². The summed E-state index contributed by atoms with van der Waals surface area (Å²) >= 11 is 0. The van der Waals surface area contributed by atoms with Gasteiger partial charge in [-0.15, -0.1) is 0 Å². The predicted octanol–water partition coefficient (Wildman–Crippen LogP) is 0.465. The van der Waals surface area contributed by atoms with Crippen LogP contribution in [0.5, 0.6) is 0 Å². The molecule has 1 aliphatic heterocycles. The molecule has 1 unspecified atom stereocenters. The number of nitrogens with zero attached hydrogens (tertiary/aromatic N) is 2. The summed E-state index contributed by atoms with van der Waals surface area (Å²) in [6.45, 7) is 2.24. The second-order valence-corrected chi connectivity index (χ2v) is 4.72. The van der Waals surface area contributed by atoms with Crippen LogP contribution < -0.4 is 15.5 Å². The van der Waals surface area contributed by atoms with E-state index in [-0.39, 0.29) is 12.0 Å². The van der Waals surface area contributed by atoms with Crippen LogP contribution in [0.1, 0.15) is 6.42 Å². The molecular weight excluding hydrogens is 244 g/mol. The lowest BCUT2D eigenvalue weighted by Gasteiger charge is -2.23. The zero-order chi connectivity index (χ0) is 13.7. The summed E-state index contributed by atoms with van der Waals surface area (Å²) in [5.74, 6) is 0.698. The number of amides is 1. The maximum absolute atomic E-state index is 12.0. The molecule has 1 amide bonds. The van der Waals surface area contributed by atoms with E-state index in [0.717, 1.165) is 24.6 Å². The molecule has 6 nitrogen and oxygen atoms in total. The third-order valence-corrected chi connectivity index (χ3v) is 2.90. The van der Waals surface area contributed by atoms with Gasteiger partial charge in [0.25, 0.3) is 0 Å². The molecule has 1 aromatic rings. The van der Waals surface area contributed by atoms with Crippen molar-refractivity contribution in [1.82, 2.24) is 10.3 Å². The normalized spacial score (nSPS) is 18.9. The molecule has 6 heteroatoms. The largest absolute Gasteiger partial charge is 0.375 e. The standard InChI is InChI=1S/C13H20N4O2/c1-17(2)13-11(4-3-5-15-13)16-12(18)8-10-9-14-6-7-19-10/h3-5,10,14H,6-9H2,1-2H3,(H,16,18). The average Bonchev–Trinajstić information content (AvgIpc) is 2.40. The number of morpholine rings is 1. The molecule has 0 aromatic carbocycles. The Labute approximate surface area is 113 Å². The van der Waals surface area contributed by atoms with Crippen LogP contribution >= 0.6 is 0 Å². The van der Waals surface area contributed by atoms with E-state index >= 15 is 0 Å². The number of ether oxygens (including phenoxy) is 1. The molecule has 19 heavy (non-hydrogen) atoms. The fourth-order valence-electron chi connectivity index (χ4n) is 2.01. The second-order valence-electron chi connectivity index (χ2n) is 4.72. The van der Waals surface area contributed by atoms with Crippen molar-refractivity contribution >= 4 is 17.4 Å². The van der Waals surface area contributed by atoms with E-state index < -0.39 is 0 Å². The molecule has 1 saturated heterocycles. The number of carbonyl (C=O) groups excluding carboxylic acids is 1. The zero-order valence-electron chi connectivity index (χ0n) is 11.3. The molecular formula is C13H20N4O2. The van der Waals surface area contributed by atoms with Gasteiger partial charge in [-0.25, -0.2) is 4.98 Å². The molecule has 2 heterocycles. The fourth-order valence-corrected chi connectivity index (χ4v) is 2.01. The summed E-state index contributed by atoms with van der Waals surface area (Å²) in [6, 6.07) is 3.65. The van der Waals surface area contributed by atoms with Crippen molar-refractivity contribution in [1.29, 1.82) is 0 Å². The summed E-state index contributed by atoms with van der Waals surface area (Å²) in [5, 5.41) is 6.10. The van der Waals surface area contributed by atoms with Gasteiger partial charge in [0.15, 0.2) is 5.82 Å². The van der Waals surface area contributed by atoms with Gasteiger partial charge in [-0.1, -0.05) is 0 Å². The van der Waals surface area contributed by atoms with Gasteiger partial charge in [-0.3, -0.25) is 4.79 Å². The lowest BCUT2D eigenvalue weighted by Crippen LogP contribution is -2.40. The van der Waals surface area contributed by atoms with Gasteiger partial charge in [0.05, 0.1) is 24.8 Å². The first-order valence-electron chi connectivity index (χ1n) is 6.41. The molecule has 2 N–H and O–H groups in total. The van der Waals surface area contributed by atoms with E-state index in [1.807, 2.05) is 25.1 Å². The van der Waals surface area contributed by atoms with Crippen LogP contribution in [0.15, 0.2) is 18.3 Å². The second kappa shape index (κ2) is 6.49. The summed E-state index contributed by atoms with van der Waals surface area (Å²) in [5.41, 5.74) is 0.723. The first-order valence-corrected chi connectivity index (χ1v) is 6.41. The maximum Gasteiger partial charge on any atom is 0.227 e. The minimum Gasteiger partial charge on any atom is -0.375 e. The highest BCUT2D eigenvalue weighted by molar-refractivity contribution is 5.93. The third-order valence-electron chi connectivity index (χ3n) is 2.90. The van der Waals surface area contributed by atoms with Crippen LogP contribution in [0, 0.1) is 0 Å². The zero-order valence-corrected chi connectivity index (χ0v) is 11.3. The van der Waals surface area contributed by atoms with Gasteiger partial charge >= 0.3 is 0 Å². The van der Waals surface area contributed by atoms with E-state index in [1.54, 1.807) is 12.3 Å². The molecule has 1 aliphatic rings. The number of hydrogen-bond donors (Lipinski definition) is 2. The number of nitrogens with one attached hydrogen (secondary N) is 2. The Morgan fingerprint density at radius 2 is 2.47 bits per heavy atom. The van der Waals surface area contributed by atoms with Crippen molar-refractivity contribution in [2.45, 2.75) is 12.5 Å². The van der Waals surface area contributed by atoms with E-state index in [1.165, 1.54) is 0 Å². The van der Waals surface area contributed by atoms with E-state index in [9.17, 15) is 4.79 Å². The lowest BCUT2D eigenvalue weighted by atomic mass is 10.2. The third kappa shape index (κ3) is 3.90. The van der Waals surface area contributed by atoms with Crippen LogP contribution in [-0.2, 0) is 9.53 Å². The van der Waals surface area contributed by atoms with Crippen molar-refractivity contribution in [2.75, 3.05) is 44.0 Å². The van der Waals surface area contributed by atoms with Crippen LogP contribution in [0.2, 0.25) is 0 Å². The molecule has 0 spiro atoms. The van der Waals surface area contributed by atoms with Crippen LogP contribution in [-0.4, -0.2) is 50.8 Å². The first kappa shape index (κ1) is 13.8. The number of rotatable bonds is 4. The van der Waals surface area contributed by atoms with Gasteiger partial charge < -0.3 is 20.3 Å². The summed E-state index contributed by atoms with van der Waals surface area (Å²) in [6.07, 6.45) is 2.02. The Hall–Kier alpha value is -1.66. The van der Waals surface area contributed by atoms with Crippen molar-refractivity contribution in [3.63, 3.8) is 0 Å². The molecule has 1 aromatic heterocycles. The Bertz CT molecular complexity index is 430. The van der Waals surface area contributed by atoms with Crippen LogP contribution in [0.25, 0.3) is 0 Å². The Balaban J connectivity index is 1.94. The smallest absolute Gasteiger partial charge is 0.227 e. The Morgan fingerprint density at radius 3 is 3.16 bits per heavy atom. The molecule has 0 saturated carbocycles. The van der Waals surface area contributed by atoms with Gasteiger partial charge in [-0.2, -0.15) is 0 Å². The van der Waals surface area contributed by atoms with Crippen molar-refractivity contribution in [3.8, 4) is 0 Å². The average molecular weight is 264 g/mol. The number of carbonyl (C=O) groups is 1. The molecule has 1 atom stereocenters. The number of aromatic nitrogens is 1. The molecule has 0 radical (unpaired) electrons. The van der Waals surface area contributed by atoms with Gasteiger partial charge in [0, 0.05) is 33.4 Å². The highest BCUT2D eigenvalue weighted by Gasteiger charge is 2.18. The minimum absolute atomic E-state index is 0.0479. The molecule has 0 bridgehead atoms. The van der Waals surface area contributed by atoms with E-state index in [4.69, 9.17) is 4.74 Å². The van der Waals surface area contributed by atoms with Crippen molar-refractivity contribution in [2.24, 2.45) is 0 Å². The Kier molecular flexibility index (Phi) is 4.70. The maximum atomic E-state index is 12.0. The van der Waals surface area contributed by atoms with Crippen molar-refractivity contribution in [3.05, 3.63) is 18.3 Å². The summed E-state index contributed by atoms with van der Waals surface area (Å²) < 4.78 is 5.51. The molecule has 2 rings (SSSR count). The number of hydrogen-bond acceptors (Lipinski definition) is 5. The quantitative estimate of drug-likeness (QED) is 0.827. The summed E-state index contributed by atoms with van der Waals surface area (Å²) in [7, 11) is 3.79.